The number of hydrogen-bond donors (Lipinski definition) is 1. The molecule has 1 aliphatic rings. The second-order valence-corrected chi connectivity index (χ2v) is 5.36. The van der Waals surface area contributed by atoms with E-state index in [0.29, 0.717) is 13.2 Å². The first-order chi connectivity index (χ1) is 10.9. The van der Waals surface area contributed by atoms with Crippen LogP contribution in [-0.2, 0) is 18.0 Å². The number of aromatic nitrogens is 4. The Balaban J connectivity index is 1.67. The lowest BCUT2D eigenvalue weighted by molar-refractivity contribution is -0.141. The van der Waals surface area contributed by atoms with Crippen molar-refractivity contribution in [2.45, 2.75) is 18.7 Å². The lowest BCUT2D eigenvalue weighted by atomic mass is 9.99. The van der Waals surface area contributed by atoms with Gasteiger partial charge in [0.2, 0.25) is 5.95 Å². The Morgan fingerprint density at radius 2 is 2.17 bits per heavy atom. The zero-order valence-corrected chi connectivity index (χ0v) is 12.4. The zero-order valence-electron chi connectivity index (χ0n) is 12.4. The number of nitrogens with one attached hydrogen (secondary N) is 1. The van der Waals surface area contributed by atoms with Crippen LogP contribution in [0.4, 0.5) is 19.1 Å². The topological polar surface area (TPSA) is 64.9 Å². The fourth-order valence-corrected chi connectivity index (χ4v) is 2.66. The van der Waals surface area contributed by atoms with Gasteiger partial charge in [0.1, 0.15) is 11.8 Å². The highest BCUT2D eigenvalue weighted by atomic mass is 19.4. The van der Waals surface area contributed by atoms with Crippen molar-refractivity contribution in [2.75, 3.05) is 18.5 Å². The Bertz CT molecular complexity index is 672. The van der Waals surface area contributed by atoms with Gasteiger partial charge in [-0.15, -0.1) is 0 Å². The van der Waals surface area contributed by atoms with Crippen LogP contribution < -0.4 is 5.32 Å². The van der Waals surface area contributed by atoms with E-state index in [4.69, 9.17) is 4.74 Å². The average Bonchev–Trinajstić information content (AvgIpc) is 3.12. The lowest BCUT2D eigenvalue weighted by Gasteiger charge is -2.19. The van der Waals surface area contributed by atoms with Gasteiger partial charge < -0.3 is 10.1 Å². The Labute approximate surface area is 130 Å². The van der Waals surface area contributed by atoms with Gasteiger partial charge in [0.15, 0.2) is 0 Å². The van der Waals surface area contributed by atoms with Gasteiger partial charge in [0.05, 0.1) is 5.69 Å². The van der Waals surface area contributed by atoms with Gasteiger partial charge >= 0.3 is 6.18 Å². The Kier molecular flexibility index (Phi) is 4.20. The number of aryl methyl sites for hydroxylation is 1. The number of nitrogens with zero attached hydrogens (tertiary/aromatic N) is 4. The standard InChI is InChI=1S/C14H16F3N5O/c1-22-10(2-6-20-22)12-9(4-7-23-12)8-19-13-18-5-3-11(21-13)14(15,16)17/h2-3,5-6,9,12H,4,7-8H2,1H3,(H,18,19,21)/t9-,12+/m0/s1. The first-order valence-corrected chi connectivity index (χ1v) is 7.19. The summed E-state index contributed by atoms with van der Waals surface area (Å²) >= 11 is 0. The molecule has 0 aliphatic carbocycles. The van der Waals surface area contributed by atoms with Gasteiger partial charge in [-0.3, -0.25) is 4.68 Å². The number of alkyl halides is 3. The van der Waals surface area contributed by atoms with Crippen molar-refractivity contribution in [3.8, 4) is 0 Å². The van der Waals surface area contributed by atoms with Crippen LogP contribution in [0.1, 0.15) is 23.9 Å². The van der Waals surface area contributed by atoms with E-state index in [2.05, 4.69) is 20.4 Å². The van der Waals surface area contributed by atoms with Crippen LogP contribution in [0.5, 0.6) is 0 Å². The van der Waals surface area contributed by atoms with E-state index in [-0.39, 0.29) is 18.0 Å². The largest absolute Gasteiger partial charge is 0.433 e. The highest BCUT2D eigenvalue weighted by molar-refractivity contribution is 5.26. The average molecular weight is 327 g/mol. The summed E-state index contributed by atoms with van der Waals surface area (Å²) in [6, 6.07) is 2.73. The Hall–Kier alpha value is -2.16. The minimum atomic E-state index is -4.48. The summed E-state index contributed by atoms with van der Waals surface area (Å²) < 4.78 is 45.4. The molecule has 0 amide bonds. The molecule has 23 heavy (non-hydrogen) atoms. The van der Waals surface area contributed by atoms with Crippen LogP contribution >= 0.6 is 0 Å². The van der Waals surface area contributed by atoms with Crippen molar-refractivity contribution in [3.63, 3.8) is 0 Å². The van der Waals surface area contributed by atoms with E-state index in [0.717, 1.165) is 24.4 Å². The van der Waals surface area contributed by atoms with Crippen molar-refractivity contribution >= 4 is 5.95 Å². The van der Waals surface area contributed by atoms with Gasteiger partial charge in [-0.25, -0.2) is 9.97 Å². The zero-order chi connectivity index (χ0) is 16.4. The highest BCUT2D eigenvalue weighted by Crippen LogP contribution is 2.34. The van der Waals surface area contributed by atoms with E-state index in [1.807, 2.05) is 13.1 Å². The number of halogens is 3. The first kappa shape index (κ1) is 15.7. The summed E-state index contributed by atoms with van der Waals surface area (Å²) in [6.07, 6.45) is -1.02. The summed E-state index contributed by atoms with van der Waals surface area (Å²) in [7, 11) is 1.83. The molecule has 124 valence electrons. The van der Waals surface area contributed by atoms with Crippen molar-refractivity contribution < 1.29 is 17.9 Å². The van der Waals surface area contributed by atoms with Crippen molar-refractivity contribution in [1.82, 2.24) is 19.7 Å². The van der Waals surface area contributed by atoms with E-state index >= 15 is 0 Å². The van der Waals surface area contributed by atoms with Crippen LogP contribution in [0, 0.1) is 5.92 Å². The molecule has 0 spiro atoms. The van der Waals surface area contributed by atoms with Crippen LogP contribution in [0.2, 0.25) is 0 Å². The molecule has 1 aliphatic heterocycles. The smallest absolute Gasteiger partial charge is 0.372 e. The van der Waals surface area contributed by atoms with E-state index in [1.165, 1.54) is 0 Å². The van der Waals surface area contributed by atoms with Crippen LogP contribution in [0.25, 0.3) is 0 Å². The van der Waals surface area contributed by atoms with Crippen molar-refractivity contribution in [3.05, 3.63) is 35.9 Å². The summed E-state index contributed by atoms with van der Waals surface area (Å²) in [6.45, 7) is 1.03. The molecule has 2 atom stereocenters. The van der Waals surface area contributed by atoms with Crippen LogP contribution in [0.3, 0.4) is 0 Å². The molecule has 1 fully saturated rings. The fourth-order valence-electron chi connectivity index (χ4n) is 2.66. The monoisotopic (exact) mass is 327 g/mol. The maximum atomic E-state index is 12.7. The van der Waals surface area contributed by atoms with Gasteiger partial charge in [-0.05, 0) is 18.6 Å². The van der Waals surface area contributed by atoms with Crippen molar-refractivity contribution in [1.29, 1.82) is 0 Å². The molecule has 0 aromatic carbocycles. The molecule has 6 nitrogen and oxygen atoms in total. The van der Waals surface area contributed by atoms with E-state index < -0.39 is 11.9 Å². The quantitative estimate of drug-likeness (QED) is 0.934. The lowest BCUT2D eigenvalue weighted by Crippen LogP contribution is -2.21. The van der Waals surface area contributed by atoms with Crippen LogP contribution in [-0.4, -0.2) is 32.9 Å². The molecule has 0 unspecified atom stereocenters. The predicted molar refractivity (Wildman–Crippen MR) is 75.5 cm³/mol. The maximum absolute atomic E-state index is 12.7. The fraction of sp³-hybridized carbons (Fsp3) is 0.500. The first-order valence-electron chi connectivity index (χ1n) is 7.19. The van der Waals surface area contributed by atoms with Crippen molar-refractivity contribution in [2.24, 2.45) is 13.0 Å². The number of hydrogen-bond acceptors (Lipinski definition) is 5. The second-order valence-electron chi connectivity index (χ2n) is 5.36. The van der Waals surface area contributed by atoms with Gasteiger partial charge in [0, 0.05) is 38.5 Å². The molecular weight excluding hydrogens is 311 g/mol. The highest BCUT2D eigenvalue weighted by Gasteiger charge is 2.34. The summed E-state index contributed by atoms with van der Waals surface area (Å²) in [5.74, 6) is 0.0824. The number of ether oxygens (including phenoxy) is 1. The molecule has 0 saturated carbocycles. The normalized spacial score (nSPS) is 21.6. The second kappa shape index (κ2) is 6.15. The molecule has 0 bridgehead atoms. The molecule has 2 aromatic rings. The molecule has 3 heterocycles. The van der Waals surface area contributed by atoms with Gasteiger partial charge in [-0.1, -0.05) is 0 Å². The molecule has 3 rings (SSSR count). The van der Waals surface area contributed by atoms with Gasteiger partial charge in [-0.2, -0.15) is 18.3 Å². The minimum Gasteiger partial charge on any atom is -0.372 e. The van der Waals surface area contributed by atoms with Crippen LogP contribution in [0.15, 0.2) is 24.5 Å². The third-order valence-corrected chi connectivity index (χ3v) is 3.83. The molecule has 1 N–H and O–H groups in total. The Morgan fingerprint density at radius 1 is 1.35 bits per heavy atom. The molecule has 1 saturated heterocycles. The molecule has 0 radical (unpaired) electrons. The summed E-state index contributed by atoms with van der Waals surface area (Å²) in [5, 5.41) is 7.00. The third kappa shape index (κ3) is 3.44. The number of anilines is 1. The molecular formula is C14H16F3N5O. The van der Waals surface area contributed by atoms with E-state index in [9.17, 15) is 13.2 Å². The minimum absolute atomic E-state index is 0.0320. The summed E-state index contributed by atoms with van der Waals surface area (Å²) in [4.78, 5) is 7.34. The van der Waals surface area contributed by atoms with Gasteiger partial charge in [0.25, 0.3) is 0 Å². The molecule has 9 heteroatoms. The van der Waals surface area contributed by atoms with E-state index in [1.54, 1.807) is 10.9 Å². The third-order valence-electron chi connectivity index (χ3n) is 3.83. The molecule has 2 aromatic heterocycles. The summed E-state index contributed by atoms with van der Waals surface area (Å²) in [5.41, 5.74) is -0.0138. The SMILES string of the molecule is Cn1nccc1[C@@H]1OCC[C@H]1CNc1nccc(C(F)(F)F)n1. The number of rotatable bonds is 4. The maximum Gasteiger partial charge on any atom is 0.433 e. The predicted octanol–water partition coefficient (Wildman–Crippen LogP) is 2.42. The Morgan fingerprint density at radius 3 is 2.87 bits per heavy atom.